The molecule has 0 aliphatic carbocycles. The SMILES string of the molecule is C[C@H](O)C(=O)Nc1ccc(NCc2ccccc2)c(Cl)c1. The van der Waals surface area contributed by atoms with E-state index in [1.165, 1.54) is 6.92 Å². The molecule has 110 valence electrons. The van der Waals surface area contributed by atoms with Crippen molar-refractivity contribution < 1.29 is 9.90 Å². The summed E-state index contributed by atoms with van der Waals surface area (Å²) in [6.45, 7) is 2.08. The van der Waals surface area contributed by atoms with Crippen molar-refractivity contribution in [2.24, 2.45) is 0 Å². The van der Waals surface area contributed by atoms with Gasteiger partial charge in [0.25, 0.3) is 5.91 Å². The Labute approximate surface area is 128 Å². The van der Waals surface area contributed by atoms with Crippen LogP contribution in [-0.4, -0.2) is 17.1 Å². The third kappa shape index (κ3) is 4.48. The minimum atomic E-state index is -1.06. The summed E-state index contributed by atoms with van der Waals surface area (Å²) >= 11 is 6.18. The molecule has 0 bridgehead atoms. The normalized spacial score (nSPS) is 11.8. The number of benzene rings is 2. The molecule has 1 atom stereocenters. The summed E-state index contributed by atoms with van der Waals surface area (Å²) in [5.74, 6) is -0.462. The Balaban J connectivity index is 2.01. The van der Waals surface area contributed by atoms with E-state index in [0.717, 1.165) is 11.3 Å². The maximum Gasteiger partial charge on any atom is 0.252 e. The Bertz CT molecular complexity index is 615. The van der Waals surface area contributed by atoms with Gasteiger partial charge in [0.1, 0.15) is 6.10 Å². The zero-order chi connectivity index (χ0) is 15.2. The van der Waals surface area contributed by atoms with Crippen LogP contribution in [0.1, 0.15) is 12.5 Å². The monoisotopic (exact) mass is 304 g/mol. The zero-order valence-electron chi connectivity index (χ0n) is 11.6. The van der Waals surface area contributed by atoms with Crippen molar-refractivity contribution in [2.45, 2.75) is 19.6 Å². The molecule has 0 aliphatic rings. The van der Waals surface area contributed by atoms with Crippen LogP contribution in [0.25, 0.3) is 0 Å². The van der Waals surface area contributed by atoms with Crippen LogP contribution in [-0.2, 0) is 11.3 Å². The molecule has 2 rings (SSSR count). The number of halogens is 1. The second kappa shape index (κ2) is 7.11. The Morgan fingerprint density at radius 2 is 1.95 bits per heavy atom. The average molecular weight is 305 g/mol. The minimum Gasteiger partial charge on any atom is -0.384 e. The van der Waals surface area contributed by atoms with Gasteiger partial charge in [-0.25, -0.2) is 0 Å². The number of hydrogen-bond donors (Lipinski definition) is 3. The quantitative estimate of drug-likeness (QED) is 0.794. The number of aliphatic hydroxyl groups excluding tert-OH is 1. The first-order chi connectivity index (χ1) is 10.1. The molecular formula is C16H17ClN2O2. The number of hydrogen-bond acceptors (Lipinski definition) is 3. The molecule has 0 radical (unpaired) electrons. The summed E-state index contributed by atoms with van der Waals surface area (Å²) in [6.07, 6.45) is -1.06. The van der Waals surface area contributed by atoms with Gasteiger partial charge in [-0.05, 0) is 30.7 Å². The van der Waals surface area contributed by atoms with E-state index in [1.54, 1.807) is 18.2 Å². The number of nitrogens with one attached hydrogen (secondary N) is 2. The van der Waals surface area contributed by atoms with E-state index in [4.69, 9.17) is 16.7 Å². The van der Waals surface area contributed by atoms with Crippen molar-refractivity contribution >= 4 is 28.9 Å². The standard InChI is InChI=1S/C16H17ClN2O2/c1-11(20)16(21)19-13-7-8-15(14(17)9-13)18-10-12-5-3-2-4-6-12/h2-9,11,18,20H,10H2,1H3,(H,19,21)/t11-/m0/s1. The number of aliphatic hydroxyl groups is 1. The van der Waals surface area contributed by atoms with Crippen LogP contribution in [0.4, 0.5) is 11.4 Å². The molecule has 4 nitrogen and oxygen atoms in total. The molecule has 0 spiro atoms. The van der Waals surface area contributed by atoms with Gasteiger partial charge in [0.05, 0.1) is 10.7 Å². The van der Waals surface area contributed by atoms with Crippen LogP contribution < -0.4 is 10.6 Å². The second-order valence-electron chi connectivity index (χ2n) is 4.70. The maximum absolute atomic E-state index is 11.4. The van der Waals surface area contributed by atoms with Crippen molar-refractivity contribution in [1.82, 2.24) is 0 Å². The molecule has 2 aromatic carbocycles. The molecule has 0 aromatic heterocycles. The predicted molar refractivity (Wildman–Crippen MR) is 85.5 cm³/mol. The van der Waals surface area contributed by atoms with Gasteiger partial charge < -0.3 is 15.7 Å². The summed E-state index contributed by atoms with van der Waals surface area (Å²) < 4.78 is 0. The highest BCUT2D eigenvalue weighted by molar-refractivity contribution is 6.33. The van der Waals surface area contributed by atoms with Crippen molar-refractivity contribution in [2.75, 3.05) is 10.6 Å². The van der Waals surface area contributed by atoms with Crippen LogP contribution in [0.15, 0.2) is 48.5 Å². The fraction of sp³-hybridized carbons (Fsp3) is 0.188. The van der Waals surface area contributed by atoms with Gasteiger partial charge >= 0.3 is 0 Å². The number of carbonyl (C=O) groups is 1. The average Bonchev–Trinajstić information content (AvgIpc) is 2.47. The highest BCUT2D eigenvalue weighted by Gasteiger charge is 2.09. The molecule has 0 heterocycles. The topological polar surface area (TPSA) is 61.4 Å². The fourth-order valence-electron chi connectivity index (χ4n) is 1.78. The van der Waals surface area contributed by atoms with E-state index in [-0.39, 0.29) is 0 Å². The Kier molecular flexibility index (Phi) is 5.20. The summed E-state index contributed by atoms with van der Waals surface area (Å²) in [5, 5.41) is 15.5. The minimum absolute atomic E-state index is 0.462. The molecule has 1 amide bonds. The summed E-state index contributed by atoms with van der Waals surface area (Å²) in [5.41, 5.74) is 2.49. The van der Waals surface area contributed by atoms with Crippen LogP contribution in [0.5, 0.6) is 0 Å². The van der Waals surface area contributed by atoms with Crippen LogP contribution in [0.3, 0.4) is 0 Å². The van der Waals surface area contributed by atoms with Gasteiger partial charge in [0, 0.05) is 12.2 Å². The molecular weight excluding hydrogens is 288 g/mol. The van der Waals surface area contributed by atoms with Gasteiger partial charge in [-0.2, -0.15) is 0 Å². The Hall–Kier alpha value is -2.04. The van der Waals surface area contributed by atoms with E-state index in [9.17, 15) is 4.79 Å². The molecule has 0 saturated heterocycles. The fourth-order valence-corrected chi connectivity index (χ4v) is 2.02. The molecule has 3 N–H and O–H groups in total. The number of anilines is 2. The summed E-state index contributed by atoms with van der Waals surface area (Å²) in [6, 6.07) is 15.2. The van der Waals surface area contributed by atoms with Crippen LogP contribution in [0, 0.1) is 0 Å². The molecule has 21 heavy (non-hydrogen) atoms. The largest absolute Gasteiger partial charge is 0.384 e. The molecule has 0 saturated carbocycles. The molecule has 5 heteroatoms. The molecule has 2 aromatic rings. The first-order valence-corrected chi connectivity index (χ1v) is 7.00. The lowest BCUT2D eigenvalue weighted by Gasteiger charge is -2.11. The summed E-state index contributed by atoms with van der Waals surface area (Å²) in [4.78, 5) is 11.4. The van der Waals surface area contributed by atoms with Crippen molar-refractivity contribution in [3.05, 3.63) is 59.1 Å². The first-order valence-electron chi connectivity index (χ1n) is 6.62. The lowest BCUT2D eigenvalue weighted by molar-refractivity contribution is -0.123. The first kappa shape index (κ1) is 15.4. The van der Waals surface area contributed by atoms with Crippen molar-refractivity contribution in [1.29, 1.82) is 0 Å². The third-order valence-corrected chi connectivity index (χ3v) is 3.25. The molecule has 0 fully saturated rings. The number of amides is 1. The van der Waals surface area contributed by atoms with Crippen LogP contribution >= 0.6 is 11.6 Å². The number of rotatable bonds is 5. The lowest BCUT2D eigenvalue weighted by atomic mass is 10.2. The van der Waals surface area contributed by atoms with E-state index in [0.29, 0.717) is 17.3 Å². The predicted octanol–water partition coefficient (Wildman–Crippen LogP) is 3.27. The van der Waals surface area contributed by atoms with Crippen molar-refractivity contribution in [3.8, 4) is 0 Å². The lowest BCUT2D eigenvalue weighted by Crippen LogP contribution is -2.24. The highest BCUT2D eigenvalue weighted by Crippen LogP contribution is 2.26. The molecule has 0 unspecified atom stereocenters. The Morgan fingerprint density at radius 1 is 1.24 bits per heavy atom. The van der Waals surface area contributed by atoms with E-state index in [1.807, 2.05) is 30.3 Å². The van der Waals surface area contributed by atoms with Gasteiger partial charge in [0.2, 0.25) is 0 Å². The van der Waals surface area contributed by atoms with E-state index >= 15 is 0 Å². The van der Waals surface area contributed by atoms with E-state index in [2.05, 4.69) is 10.6 Å². The smallest absolute Gasteiger partial charge is 0.252 e. The van der Waals surface area contributed by atoms with E-state index < -0.39 is 12.0 Å². The van der Waals surface area contributed by atoms with Gasteiger partial charge in [-0.1, -0.05) is 41.9 Å². The third-order valence-electron chi connectivity index (χ3n) is 2.94. The number of carbonyl (C=O) groups excluding carboxylic acids is 1. The zero-order valence-corrected chi connectivity index (χ0v) is 12.4. The second-order valence-corrected chi connectivity index (χ2v) is 5.11. The van der Waals surface area contributed by atoms with Gasteiger partial charge in [-0.3, -0.25) is 4.79 Å². The Morgan fingerprint density at radius 3 is 2.57 bits per heavy atom. The maximum atomic E-state index is 11.4. The molecule has 0 aliphatic heterocycles. The van der Waals surface area contributed by atoms with Crippen molar-refractivity contribution in [3.63, 3.8) is 0 Å². The van der Waals surface area contributed by atoms with Gasteiger partial charge in [0.15, 0.2) is 0 Å². The van der Waals surface area contributed by atoms with Crippen LogP contribution in [0.2, 0.25) is 5.02 Å². The summed E-state index contributed by atoms with van der Waals surface area (Å²) in [7, 11) is 0. The van der Waals surface area contributed by atoms with Gasteiger partial charge in [-0.15, -0.1) is 0 Å². The highest BCUT2D eigenvalue weighted by atomic mass is 35.5.